The van der Waals surface area contributed by atoms with Crippen molar-refractivity contribution in [1.29, 1.82) is 0 Å². The summed E-state index contributed by atoms with van der Waals surface area (Å²) in [4.78, 5) is 1.59. The summed E-state index contributed by atoms with van der Waals surface area (Å²) in [6.07, 6.45) is -4.85. The molecule has 0 aliphatic carbocycles. The minimum absolute atomic E-state index is 0.00410. The number of nitrogens with zero attached hydrogens (tertiary/aromatic N) is 1. The fourth-order valence-corrected chi connectivity index (χ4v) is 1.09. The lowest BCUT2D eigenvalue weighted by atomic mass is 10.1. The number of halogens is 3. The Labute approximate surface area is 76.9 Å². The summed E-state index contributed by atoms with van der Waals surface area (Å²) in [7, 11) is 1.64. The van der Waals surface area contributed by atoms with Gasteiger partial charge >= 0.3 is 6.18 Å². The van der Waals surface area contributed by atoms with Crippen LogP contribution in [0.25, 0.3) is 0 Å². The van der Waals surface area contributed by atoms with E-state index in [2.05, 4.69) is 0 Å². The Balaban J connectivity index is 3.70. The van der Waals surface area contributed by atoms with Gasteiger partial charge in [0.2, 0.25) is 0 Å². The lowest BCUT2D eigenvalue weighted by Crippen LogP contribution is -2.44. The molecule has 0 aromatic rings. The van der Waals surface area contributed by atoms with Gasteiger partial charge in [0.05, 0.1) is 6.42 Å². The first-order valence-electron chi connectivity index (χ1n) is 4.14. The van der Waals surface area contributed by atoms with E-state index in [9.17, 15) is 13.2 Å². The normalized spacial score (nSPS) is 13.8. The highest BCUT2D eigenvalue weighted by molar-refractivity contribution is 4.75. The van der Waals surface area contributed by atoms with Gasteiger partial charge in [-0.1, -0.05) is 0 Å². The Hall–Kier alpha value is -0.290. The molecule has 2 nitrogen and oxygen atoms in total. The summed E-state index contributed by atoms with van der Waals surface area (Å²) in [6, 6.07) is 0. The molecule has 0 unspecified atom stereocenters. The van der Waals surface area contributed by atoms with Crippen LogP contribution >= 0.6 is 0 Å². The van der Waals surface area contributed by atoms with Gasteiger partial charge in [0, 0.05) is 18.6 Å². The highest BCUT2D eigenvalue weighted by atomic mass is 19.4. The Morgan fingerprint density at radius 2 is 1.69 bits per heavy atom. The summed E-state index contributed by atoms with van der Waals surface area (Å²) in [5, 5.41) is 0. The van der Waals surface area contributed by atoms with E-state index >= 15 is 0 Å². The quantitative estimate of drug-likeness (QED) is 0.743. The number of likely N-dealkylation sites (N-methyl/N-ethyl adjacent to an activating group) is 1. The Morgan fingerprint density at radius 3 is 2.00 bits per heavy atom. The summed E-state index contributed by atoms with van der Waals surface area (Å²) in [5.41, 5.74) is 5.21. The zero-order valence-electron chi connectivity index (χ0n) is 8.28. The van der Waals surface area contributed by atoms with Crippen molar-refractivity contribution in [2.75, 3.05) is 20.1 Å². The zero-order chi connectivity index (χ0) is 10.7. The molecule has 5 heteroatoms. The van der Waals surface area contributed by atoms with E-state index in [0.717, 1.165) is 0 Å². The number of alkyl halides is 3. The van der Waals surface area contributed by atoms with Crippen LogP contribution in [0.3, 0.4) is 0 Å². The van der Waals surface area contributed by atoms with E-state index in [1.807, 2.05) is 0 Å². The lowest BCUT2D eigenvalue weighted by Gasteiger charge is -2.26. The Bertz CT molecular complexity index is 148. The molecular weight excluding hydrogens is 181 g/mol. The van der Waals surface area contributed by atoms with Crippen molar-refractivity contribution in [1.82, 2.24) is 4.90 Å². The van der Waals surface area contributed by atoms with Crippen LogP contribution in [0.15, 0.2) is 0 Å². The molecule has 0 saturated carbocycles. The molecule has 0 fully saturated rings. The third-order valence-corrected chi connectivity index (χ3v) is 1.45. The number of rotatable bonds is 4. The van der Waals surface area contributed by atoms with Crippen LogP contribution in [0.5, 0.6) is 0 Å². The van der Waals surface area contributed by atoms with Crippen molar-refractivity contribution in [2.24, 2.45) is 5.73 Å². The van der Waals surface area contributed by atoms with E-state index in [4.69, 9.17) is 5.73 Å². The van der Waals surface area contributed by atoms with Gasteiger partial charge in [-0.2, -0.15) is 13.2 Å². The van der Waals surface area contributed by atoms with Gasteiger partial charge in [0.1, 0.15) is 0 Å². The molecule has 13 heavy (non-hydrogen) atoms. The third kappa shape index (κ3) is 9.63. The molecule has 0 rings (SSSR count). The SMILES string of the molecule is CN(CCC(F)(F)F)CC(C)(C)N. The summed E-state index contributed by atoms with van der Waals surface area (Å²) in [6.45, 7) is 4.04. The summed E-state index contributed by atoms with van der Waals surface area (Å²) < 4.78 is 35.4. The predicted octanol–water partition coefficient (Wildman–Crippen LogP) is 1.61. The van der Waals surface area contributed by atoms with Gasteiger partial charge in [-0.25, -0.2) is 0 Å². The molecule has 0 heterocycles. The van der Waals surface area contributed by atoms with Crippen molar-refractivity contribution < 1.29 is 13.2 Å². The second kappa shape index (κ2) is 4.28. The lowest BCUT2D eigenvalue weighted by molar-refractivity contribution is -0.137. The van der Waals surface area contributed by atoms with Crippen LogP contribution < -0.4 is 5.73 Å². The molecule has 0 aromatic heterocycles. The number of hydrogen-bond donors (Lipinski definition) is 1. The molecule has 80 valence electrons. The van der Waals surface area contributed by atoms with Crippen LogP contribution in [0.2, 0.25) is 0 Å². The maximum atomic E-state index is 11.8. The predicted molar refractivity (Wildman–Crippen MR) is 46.4 cm³/mol. The van der Waals surface area contributed by atoms with Crippen LogP contribution in [0, 0.1) is 0 Å². The average molecular weight is 198 g/mol. The van der Waals surface area contributed by atoms with E-state index in [-0.39, 0.29) is 6.54 Å². The average Bonchev–Trinajstić information content (AvgIpc) is 1.78. The van der Waals surface area contributed by atoms with E-state index in [1.54, 1.807) is 25.8 Å². The summed E-state index contributed by atoms with van der Waals surface area (Å²) in [5.74, 6) is 0. The monoisotopic (exact) mass is 198 g/mol. The Morgan fingerprint density at radius 1 is 1.23 bits per heavy atom. The molecule has 2 N–H and O–H groups in total. The van der Waals surface area contributed by atoms with Gasteiger partial charge in [-0.15, -0.1) is 0 Å². The molecule has 0 aliphatic heterocycles. The van der Waals surface area contributed by atoms with Crippen molar-refractivity contribution in [3.05, 3.63) is 0 Å². The zero-order valence-corrected chi connectivity index (χ0v) is 8.28. The van der Waals surface area contributed by atoms with Crippen molar-refractivity contribution in [3.63, 3.8) is 0 Å². The topological polar surface area (TPSA) is 29.3 Å². The maximum absolute atomic E-state index is 11.8. The smallest absolute Gasteiger partial charge is 0.324 e. The largest absolute Gasteiger partial charge is 0.390 e. The van der Waals surface area contributed by atoms with Gasteiger partial charge < -0.3 is 10.6 Å². The molecule has 0 amide bonds. The molecular formula is C8H17F3N2. The fraction of sp³-hybridized carbons (Fsp3) is 1.00. The molecule has 0 radical (unpaired) electrons. The molecule has 0 spiro atoms. The van der Waals surface area contributed by atoms with Crippen LogP contribution in [0.4, 0.5) is 13.2 Å². The second-order valence-electron chi connectivity index (χ2n) is 4.09. The minimum atomic E-state index is -4.08. The first kappa shape index (κ1) is 12.7. The van der Waals surface area contributed by atoms with E-state index < -0.39 is 18.1 Å². The van der Waals surface area contributed by atoms with Crippen LogP contribution in [-0.4, -0.2) is 36.8 Å². The Kier molecular flexibility index (Phi) is 4.19. The molecule has 0 atom stereocenters. The van der Waals surface area contributed by atoms with Gasteiger partial charge in [0.15, 0.2) is 0 Å². The third-order valence-electron chi connectivity index (χ3n) is 1.45. The van der Waals surface area contributed by atoms with Crippen molar-refractivity contribution >= 4 is 0 Å². The molecule has 0 aromatic carbocycles. The van der Waals surface area contributed by atoms with E-state index in [1.165, 1.54) is 0 Å². The maximum Gasteiger partial charge on any atom is 0.390 e. The first-order valence-corrected chi connectivity index (χ1v) is 4.14. The number of nitrogens with two attached hydrogens (primary N) is 1. The fourth-order valence-electron chi connectivity index (χ4n) is 1.09. The number of hydrogen-bond acceptors (Lipinski definition) is 2. The standard InChI is InChI=1S/C8H17F3N2/c1-7(2,12)6-13(3)5-4-8(9,10)11/h4-6,12H2,1-3H3. The van der Waals surface area contributed by atoms with Crippen LogP contribution in [0.1, 0.15) is 20.3 Å². The second-order valence-corrected chi connectivity index (χ2v) is 4.09. The van der Waals surface area contributed by atoms with Gasteiger partial charge in [-0.3, -0.25) is 0 Å². The summed E-state index contributed by atoms with van der Waals surface area (Å²) >= 11 is 0. The van der Waals surface area contributed by atoms with Crippen LogP contribution in [-0.2, 0) is 0 Å². The molecule has 0 bridgehead atoms. The van der Waals surface area contributed by atoms with Crippen molar-refractivity contribution in [3.8, 4) is 0 Å². The minimum Gasteiger partial charge on any atom is -0.324 e. The first-order chi connectivity index (χ1) is 5.60. The van der Waals surface area contributed by atoms with Gasteiger partial charge in [-0.05, 0) is 20.9 Å². The van der Waals surface area contributed by atoms with Crippen molar-refractivity contribution in [2.45, 2.75) is 32.0 Å². The highest BCUT2D eigenvalue weighted by Crippen LogP contribution is 2.19. The highest BCUT2D eigenvalue weighted by Gasteiger charge is 2.27. The molecule has 0 saturated heterocycles. The molecule has 0 aliphatic rings. The van der Waals surface area contributed by atoms with Gasteiger partial charge in [0.25, 0.3) is 0 Å². The van der Waals surface area contributed by atoms with E-state index in [0.29, 0.717) is 6.54 Å².